The second-order valence-corrected chi connectivity index (χ2v) is 6.67. The Hall–Kier alpha value is -2.20. The Morgan fingerprint density at radius 2 is 1.32 bits per heavy atom. The van der Waals surface area contributed by atoms with Gasteiger partial charge >= 0.3 is 0 Å². The molecular formula is C15H12F5NO3S. The maximum absolute atomic E-state index is 13.7. The summed E-state index contributed by atoms with van der Waals surface area (Å²) < 4.78 is 97.9. The minimum Gasteiger partial charge on any atom is -0.497 e. The smallest absolute Gasteiger partial charge is 0.247 e. The minimum absolute atomic E-state index is 0.383. The predicted molar refractivity (Wildman–Crippen MR) is 78.0 cm³/mol. The standard InChI is InChI=1S/C15H12F5NO3S/c1-7(8-3-5-9(24-2)6-4-8)21-25(22,23)15-13(19)11(17)10(16)12(18)14(15)20/h3-7,21H,1-2H3. The van der Waals surface area contributed by atoms with Crippen molar-refractivity contribution in [3.63, 3.8) is 0 Å². The van der Waals surface area contributed by atoms with E-state index in [4.69, 9.17) is 4.74 Å². The van der Waals surface area contributed by atoms with E-state index in [9.17, 15) is 30.4 Å². The number of sulfonamides is 1. The fourth-order valence-corrected chi connectivity index (χ4v) is 3.44. The lowest BCUT2D eigenvalue weighted by atomic mass is 10.1. The monoisotopic (exact) mass is 381 g/mol. The fraction of sp³-hybridized carbons (Fsp3) is 0.200. The number of ether oxygens (including phenoxy) is 1. The number of methoxy groups -OCH3 is 1. The Labute approximate surface area is 140 Å². The molecule has 0 saturated heterocycles. The lowest BCUT2D eigenvalue weighted by molar-refractivity contribution is 0.357. The zero-order chi connectivity index (χ0) is 18.9. The Morgan fingerprint density at radius 3 is 1.76 bits per heavy atom. The molecule has 0 amide bonds. The van der Waals surface area contributed by atoms with Crippen molar-refractivity contribution in [3.05, 3.63) is 58.9 Å². The maximum atomic E-state index is 13.7. The molecule has 0 radical (unpaired) electrons. The van der Waals surface area contributed by atoms with E-state index in [1.165, 1.54) is 38.3 Å². The van der Waals surface area contributed by atoms with E-state index in [-0.39, 0.29) is 0 Å². The Morgan fingerprint density at radius 1 is 0.880 bits per heavy atom. The molecule has 2 aromatic carbocycles. The molecule has 0 aromatic heterocycles. The highest BCUT2D eigenvalue weighted by atomic mass is 32.2. The first kappa shape index (κ1) is 19.1. The summed E-state index contributed by atoms with van der Waals surface area (Å²) in [6, 6.07) is 4.97. The molecule has 2 aromatic rings. The van der Waals surface area contributed by atoms with Crippen molar-refractivity contribution in [1.82, 2.24) is 4.72 Å². The number of rotatable bonds is 5. The Bertz CT molecular complexity index is 871. The van der Waals surface area contributed by atoms with Crippen LogP contribution in [0.25, 0.3) is 0 Å². The van der Waals surface area contributed by atoms with Gasteiger partial charge < -0.3 is 4.74 Å². The molecule has 0 aliphatic rings. The van der Waals surface area contributed by atoms with Crippen LogP contribution in [-0.4, -0.2) is 15.5 Å². The van der Waals surface area contributed by atoms with Crippen LogP contribution in [0.5, 0.6) is 5.75 Å². The van der Waals surface area contributed by atoms with Crippen molar-refractivity contribution in [2.24, 2.45) is 0 Å². The van der Waals surface area contributed by atoms with Crippen LogP contribution in [0.1, 0.15) is 18.5 Å². The van der Waals surface area contributed by atoms with Crippen LogP contribution in [0.4, 0.5) is 22.0 Å². The molecule has 0 saturated carbocycles. The van der Waals surface area contributed by atoms with Gasteiger partial charge in [-0.05, 0) is 24.6 Å². The van der Waals surface area contributed by atoms with E-state index < -0.39 is 50.0 Å². The largest absolute Gasteiger partial charge is 0.497 e. The number of halogens is 5. The van der Waals surface area contributed by atoms with Gasteiger partial charge in [-0.25, -0.2) is 35.1 Å². The van der Waals surface area contributed by atoms with Crippen molar-refractivity contribution < 1.29 is 35.1 Å². The summed E-state index contributed by atoms with van der Waals surface area (Å²) >= 11 is 0. The van der Waals surface area contributed by atoms with Crippen molar-refractivity contribution >= 4 is 10.0 Å². The Kier molecular flexibility index (Phi) is 5.33. The lowest BCUT2D eigenvalue weighted by Gasteiger charge is -2.16. The van der Waals surface area contributed by atoms with E-state index in [2.05, 4.69) is 0 Å². The summed E-state index contributed by atoms with van der Waals surface area (Å²) in [7, 11) is -3.60. The highest BCUT2D eigenvalue weighted by Crippen LogP contribution is 2.28. The van der Waals surface area contributed by atoms with Crippen LogP contribution < -0.4 is 9.46 Å². The van der Waals surface area contributed by atoms with Gasteiger partial charge in [0.25, 0.3) is 0 Å². The molecule has 1 N–H and O–H groups in total. The van der Waals surface area contributed by atoms with E-state index in [0.29, 0.717) is 11.3 Å². The average molecular weight is 381 g/mol. The first-order chi connectivity index (χ1) is 11.6. The molecule has 136 valence electrons. The number of hydrogen-bond donors (Lipinski definition) is 1. The van der Waals surface area contributed by atoms with E-state index in [1.807, 2.05) is 4.72 Å². The molecule has 0 fully saturated rings. The Balaban J connectivity index is 2.42. The van der Waals surface area contributed by atoms with Gasteiger partial charge in [-0.3, -0.25) is 0 Å². The van der Waals surface area contributed by atoms with E-state index >= 15 is 0 Å². The molecule has 0 aliphatic carbocycles. The van der Waals surface area contributed by atoms with Gasteiger partial charge in [0.2, 0.25) is 15.8 Å². The molecule has 1 unspecified atom stereocenters. The quantitative estimate of drug-likeness (QED) is 0.491. The van der Waals surface area contributed by atoms with E-state index in [1.54, 1.807) is 0 Å². The van der Waals surface area contributed by atoms with Crippen LogP contribution >= 0.6 is 0 Å². The second-order valence-electron chi connectivity index (χ2n) is 5.02. The zero-order valence-electron chi connectivity index (χ0n) is 12.9. The summed E-state index contributed by atoms with van der Waals surface area (Å²) in [5, 5.41) is 0. The van der Waals surface area contributed by atoms with Crippen LogP contribution in [0.2, 0.25) is 0 Å². The second kappa shape index (κ2) is 6.96. The van der Waals surface area contributed by atoms with Crippen LogP contribution in [0.3, 0.4) is 0 Å². The van der Waals surface area contributed by atoms with E-state index in [0.717, 1.165) is 0 Å². The summed E-state index contributed by atoms with van der Waals surface area (Å²) in [5.74, 6) is -11.5. The normalized spacial score (nSPS) is 12.9. The van der Waals surface area contributed by atoms with Crippen molar-refractivity contribution in [2.75, 3.05) is 7.11 Å². The molecule has 0 heterocycles. The predicted octanol–water partition coefficient (Wildman–Crippen LogP) is 3.43. The summed E-state index contributed by atoms with van der Waals surface area (Å²) in [5.41, 5.74) is 0.383. The molecule has 1 atom stereocenters. The molecule has 4 nitrogen and oxygen atoms in total. The third kappa shape index (κ3) is 3.59. The molecule has 10 heteroatoms. The lowest BCUT2D eigenvalue weighted by Crippen LogP contribution is -2.29. The summed E-state index contributed by atoms with van der Waals surface area (Å²) in [4.78, 5) is -1.93. The molecule has 0 bridgehead atoms. The first-order valence-corrected chi connectivity index (χ1v) is 8.26. The maximum Gasteiger partial charge on any atom is 0.247 e. The topological polar surface area (TPSA) is 55.4 Å². The summed E-state index contributed by atoms with van der Waals surface area (Å²) in [6.45, 7) is 1.34. The highest BCUT2D eigenvalue weighted by Gasteiger charge is 2.34. The first-order valence-electron chi connectivity index (χ1n) is 6.77. The number of benzene rings is 2. The zero-order valence-corrected chi connectivity index (χ0v) is 13.7. The molecule has 2 rings (SSSR count). The van der Waals surface area contributed by atoms with Crippen LogP contribution in [0.15, 0.2) is 29.2 Å². The molecule has 0 aliphatic heterocycles. The molecular weight excluding hydrogens is 369 g/mol. The van der Waals surface area contributed by atoms with Crippen molar-refractivity contribution in [2.45, 2.75) is 17.9 Å². The van der Waals surface area contributed by atoms with Gasteiger partial charge in [0.1, 0.15) is 5.75 Å². The van der Waals surface area contributed by atoms with Gasteiger partial charge in [0, 0.05) is 6.04 Å². The minimum atomic E-state index is -5.02. The number of hydrogen-bond acceptors (Lipinski definition) is 3. The van der Waals surface area contributed by atoms with Crippen LogP contribution in [0, 0.1) is 29.1 Å². The third-order valence-corrected chi connectivity index (χ3v) is 4.95. The van der Waals surface area contributed by atoms with Crippen molar-refractivity contribution in [1.29, 1.82) is 0 Å². The number of nitrogens with one attached hydrogen (secondary N) is 1. The third-order valence-electron chi connectivity index (χ3n) is 3.39. The van der Waals surface area contributed by atoms with Gasteiger partial charge in [-0.2, -0.15) is 0 Å². The fourth-order valence-electron chi connectivity index (χ4n) is 2.07. The molecule has 0 spiro atoms. The van der Waals surface area contributed by atoms with Crippen molar-refractivity contribution in [3.8, 4) is 5.75 Å². The van der Waals surface area contributed by atoms with Crippen LogP contribution in [-0.2, 0) is 10.0 Å². The summed E-state index contributed by atoms with van der Waals surface area (Å²) in [6.07, 6.45) is 0. The SMILES string of the molecule is COc1ccc(C(C)NS(=O)(=O)c2c(F)c(F)c(F)c(F)c2F)cc1. The van der Waals surface area contributed by atoms with Gasteiger partial charge in [-0.1, -0.05) is 12.1 Å². The molecule has 25 heavy (non-hydrogen) atoms. The highest BCUT2D eigenvalue weighted by molar-refractivity contribution is 7.89. The van der Waals surface area contributed by atoms with Gasteiger partial charge in [-0.15, -0.1) is 0 Å². The average Bonchev–Trinajstić information content (AvgIpc) is 2.57. The van der Waals surface area contributed by atoms with Gasteiger partial charge in [0.05, 0.1) is 7.11 Å². The van der Waals surface area contributed by atoms with Gasteiger partial charge in [0.15, 0.2) is 28.2 Å².